The highest BCUT2D eigenvalue weighted by Crippen LogP contribution is 2.29. The third-order valence-corrected chi connectivity index (χ3v) is 7.39. The maximum Gasteiger partial charge on any atom is 0.175 e. The van der Waals surface area contributed by atoms with E-state index < -0.39 is 9.84 Å². The second-order valence-electron chi connectivity index (χ2n) is 8.60. The molecule has 0 aliphatic carbocycles. The Morgan fingerprint density at radius 3 is 2.61 bits per heavy atom. The molecule has 3 heterocycles. The standard InChI is InChI=1S/C25H28N4O3S/c1-3-23-22-12-7-18(16-25(22)28(27-23)17-20-6-4-5-15-32-20)24-13-14-26-29(24)19-8-10-21(11-9-19)33(2,30)31/h7-14,16,20H,3-6,15,17H2,1-2H3. The fourth-order valence-corrected chi connectivity index (χ4v) is 5.14. The van der Waals surface area contributed by atoms with Crippen molar-refractivity contribution in [1.29, 1.82) is 0 Å². The molecule has 8 heteroatoms. The monoisotopic (exact) mass is 464 g/mol. The Morgan fingerprint density at radius 1 is 1.09 bits per heavy atom. The number of sulfone groups is 1. The number of aromatic nitrogens is 4. The van der Waals surface area contributed by atoms with Gasteiger partial charge in [0, 0.05) is 23.8 Å². The normalized spacial score (nSPS) is 17.0. The molecule has 0 radical (unpaired) electrons. The second kappa shape index (κ2) is 8.76. The summed E-state index contributed by atoms with van der Waals surface area (Å²) in [6, 6.07) is 15.2. The summed E-state index contributed by atoms with van der Waals surface area (Å²) < 4.78 is 33.5. The molecule has 1 unspecified atom stereocenters. The van der Waals surface area contributed by atoms with E-state index in [-0.39, 0.29) is 6.10 Å². The minimum absolute atomic E-state index is 0.203. The maximum absolute atomic E-state index is 11.8. The summed E-state index contributed by atoms with van der Waals surface area (Å²) in [6.45, 7) is 3.71. The lowest BCUT2D eigenvalue weighted by Crippen LogP contribution is -2.25. The smallest absolute Gasteiger partial charge is 0.175 e. The molecule has 0 N–H and O–H groups in total. The molecule has 1 saturated heterocycles. The van der Waals surface area contributed by atoms with E-state index in [0.29, 0.717) is 4.90 Å². The highest BCUT2D eigenvalue weighted by molar-refractivity contribution is 7.90. The first-order chi connectivity index (χ1) is 15.9. The number of ether oxygens (including phenoxy) is 1. The number of rotatable bonds is 6. The van der Waals surface area contributed by atoms with Gasteiger partial charge in [-0.2, -0.15) is 10.2 Å². The summed E-state index contributed by atoms with van der Waals surface area (Å²) in [5.41, 5.74) is 4.96. The Balaban J connectivity index is 1.53. The van der Waals surface area contributed by atoms with E-state index in [9.17, 15) is 8.42 Å². The number of hydrogen-bond acceptors (Lipinski definition) is 5. The molecule has 1 atom stereocenters. The highest BCUT2D eigenvalue weighted by atomic mass is 32.2. The van der Waals surface area contributed by atoms with Gasteiger partial charge < -0.3 is 4.74 Å². The van der Waals surface area contributed by atoms with Crippen molar-refractivity contribution in [3.8, 4) is 16.9 Å². The van der Waals surface area contributed by atoms with E-state index in [1.165, 1.54) is 18.1 Å². The zero-order valence-corrected chi connectivity index (χ0v) is 19.8. The largest absolute Gasteiger partial charge is 0.376 e. The lowest BCUT2D eigenvalue weighted by molar-refractivity contribution is 0.00468. The molecule has 33 heavy (non-hydrogen) atoms. The predicted molar refractivity (Wildman–Crippen MR) is 128 cm³/mol. The first-order valence-electron chi connectivity index (χ1n) is 11.4. The zero-order valence-electron chi connectivity index (χ0n) is 18.9. The summed E-state index contributed by atoms with van der Waals surface area (Å²) in [6.07, 6.45) is 7.45. The van der Waals surface area contributed by atoms with Crippen LogP contribution in [0.1, 0.15) is 31.9 Å². The number of hydrogen-bond donors (Lipinski definition) is 0. The van der Waals surface area contributed by atoms with Crippen molar-refractivity contribution in [2.45, 2.75) is 50.2 Å². The van der Waals surface area contributed by atoms with E-state index >= 15 is 0 Å². The van der Waals surface area contributed by atoms with Crippen molar-refractivity contribution in [2.24, 2.45) is 0 Å². The summed E-state index contributed by atoms with van der Waals surface area (Å²) >= 11 is 0. The van der Waals surface area contributed by atoms with Gasteiger partial charge in [0.2, 0.25) is 0 Å². The molecule has 172 valence electrons. The first kappa shape index (κ1) is 21.9. The van der Waals surface area contributed by atoms with E-state index in [4.69, 9.17) is 9.84 Å². The SMILES string of the molecule is CCc1nn(CC2CCCCO2)c2cc(-c3ccnn3-c3ccc(S(C)(=O)=O)cc3)ccc12. The van der Waals surface area contributed by atoms with Gasteiger partial charge >= 0.3 is 0 Å². The van der Waals surface area contributed by atoms with Crippen LogP contribution in [0.5, 0.6) is 0 Å². The summed E-state index contributed by atoms with van der Waals surface area (Å²) in [7, 11) is -3.24. The van der Waals surface area contributed by atoms with Crippen molar-refractivity contribution in [2.75, 3.05) is 12.9 Å². The predicted octanol–water partition coefficient (Wildman–Crippen LogP) is 4.42. The van der Waals surface area contributed by atoms with Crippen molar-refractivity contribution in [1.82, 2.24) is 19.6 Å². The van der Waals surface area contributed by atoms with Gasteiger partial charge in [-0.1, -0.05) is 19.1 Å². The zero-order chi connectivity index (χ0) is 23.0. The molecule has 1 fully saturated rings. The lowest BCUT2D eigenvalue weighted by atomic mass is 10.1. The Hall–Kier alpha value is -2.97. The molecule has 0 bridgehead atoms. The molecular formula is C25H28N4O3S. The molecule has 0 spiro atoms. The van der Waals surface area contributed by atoms with Crippen LogP contribution in [0.2, 0.25) is 0 Å². The summed E-state index contributed by atoms with van der Waals surface area (Å²) in [5, 5.41) is 10.6. The highest BCUT2D eigenvalue weighted by Gasteiger charge is 2.19. The van der Waals surface area contributed by atoms with E-state index in [1.54, 1.807) is 30.5 Å². The van der Waals surface area contributed by atoms with Crippen LogP contribution in [0.15, 0.2) is 59.6 Å². The third kappa shape index (κ3) is 4.32. The Kier molecular flexibility index (Phi) is 5.80. The molecule has 5 rings (SSSR count). The minimum atomic E-state index is -3.24. The molecule has 0 amide bonds. The van der Waals surface area contributed by atoms with Gasteiger partial charge in [-0.15, -0.1) is 0 Å². The van der Waals surface area contributed by atoms with Crippen LogP contribution >= 0.6 is 0 Å². The van der Waals surface area contributed by atoms with Gasteiger partial charge in [-0.05, 0) is 62.1 Å². The third-order valence-electron chi connectivity index (χ3n) is 6.26. The summed E-state index contributed by atoms with van der Waals surface area (Å²) in [5.74, 6) is 0. The van der Waals surface area contributed by atoms with Crippen LogP contribution in [0.3, 0.4) is 0 Å². The Morgan fingerprint density at radius 2 is 1.91 bits per heavy atom. The van der Waals surface area contributed by atoms with Gasteiger partial charge in [0.05, 0.1) is 46.3 Å². The Bertz CT molecular complexity index is 1380. The first-order valence-corrected chi connectivity index (χ1v) is 13.3. The fraction of sp³-hybridized carbons (Fsp3) is 0.360. The van der Waals surface area contributed by atoms with Crippen molar-refractivity contribution in [3.05, 3.63) is 60.4 Å². The molecule has 4 aromatic rings. The molecule has 1 aliphatic heterocycles. The van der Waals surface area contributed by atoms with E-state index in [1.807, 2.05) is 10.7 Å². The van der Waals surface area contributed by atoms with Crippen molar-refractivity contribution in [3.63, 3.8) is 0 Å². The molecule has 2 aromatic carbocycles. The van der Waals surface area contributed by atoms with Crippen LogP contribution in [0, 0.1) is 0 Å². The fourth-order valence-electron chi connectivity index (χ4n) is 4.51. The molecular weight excluding hydrogens is 436 g/mol. The number of benzene rings is 2. The van der Waals surface area contributed by atoms with E-state index in [2.05, 4.69) is 34.9 Å². The molecule has 7 nitrogen and oxygen atoms in total. The van der Waals surface area contributed by atoms with Crippen LogP contribution in [0.4, 0.5) is 0 Å². The second-order valence-corrected chi connectivity index (χ2v) is 10.6. The summed E-state index contributed by atoms with van der Waals surface area (Å²) in [4.78, 5) is 0.294. The van der Waals surface area contributed by atoms with Gasteiger partial charge in [0.25, 0.3) is 0 Å². The number of aryl methyl sites for hydroxylation is 1. The van der Waals surface area contributed by atoms with E-state index in [0.717, 1.165) is 60.6 Å². The van der Waals surface area contributed by atoms with Gasteiger partial charge in [0.1, 0.15) is 0 Å². The average Bonchev–Trinajstić information content (AvgIpc) is 3.44. The van der Waals surface area contributed by atoms with Gasteiger partial charge in [0.15, 0.2) is 9.84 Å². The molecule has 1 aliphatic rings. The molecule has 0 saturated carbocycles. The molecule has 2 aromatic heterocycles. The lowest BCUT2D eigenvalue weighted by Gasteiger charge is -2.22. The van der Waals surface area contributed by atoms with Crippen LogP contribution < -0.4 is 0 Å². The quantitative estimate of drug-likeness (QED) is 0.422. The van der Waals surface area contributed by atoms with Crippen molar-refractivity contribution < 1.29 is 13.2 Å². The van der Waals surface area contributed by atoms with Gasteiger partial charge in [-0.25, -0.2) is 13.1 Å². The van der Waals surface area contributed by atoms with Crippen LogP contribution in [-0.2, 0) is 27.5 Å². The van der Waals surface area contributed by atoms with Crippen LogP contribution in [-0.4, -0.2) is 46.9 Å². The minimum Gasteiger partial charge on any atom is -0.376 e. The average molecular weight is 465 g/mol. The number of nitrogens with zero attached hydrogens (tertiary/aromatic N) is 4. The maximum atomic E-state index is 11.8. The topological polar surface area (TPSA) is 79.0 Å². The number of fused-ring (bicyclic) bond motifs is 1. The van der Waals surface area contributed by atoms with Crippen molar-refractivity contribution >= 4 is 20.7 Å². The van der Waals surface area contributed by atoms with Gasteiger partial charge in [-0.3, -0.25) is 4.68 Å². The Labute approximate surface area is 193 Å². The van der Waals surface area contributed by atoms with Crippen LogP contribution in [0.25, 0.3) is 27.8 Å².